The van der Waals surface area contributed by atoms with Gasteiger partial charge in [0.25, 0.3) is 0 Å². The molecule has 2 rings (SSSR count). The number of alkyl halides is 3. The summed E-state index contributed by atoms with van der Waals surface area (Å²) in [6.45, 7) is 19.1. The topological polar surface area (TPSA) is 201 Å². The molecule has 0 saturated heterocycles. The van der Waals surface area contributed by atoms with Crippen molar-refractivity contribution in [2.75, 3.05) is 46.2 Å². The van der Waals surface area contributed by atoms with Gasteiger partial charge in [0.05, 0.1) is 31.2 Å². The van der Waals surface area contributed by atoms with E-state index in [1.54, 1.807) is 41.5 Å². The van der Waals surface area contributed by atoms with E-state index in [1.165, 1.54) is 6.92 Å². The highest BCUT2D eigenvalue weighted by Gasteiger charge is 2.65. The van der Waals surface area contributed by atoms with Gasteiger partial charge in [-0.25, -0.2) is 9.59 Å². The molecule has 5 atom stereocenters. The zero-order valence-corrected chi connectivity index (χ0v) is 47.6. The summed E-state index contributed by atoms with van der Waals surface area (Å²) in [5.74, 6) is -5.56. The van der Waals surface area contributed by atoms with E-state index in [0.717, 1.165) is 38.5 Å². The van der Waals surface area contributed by atoms with Crippen LogP contribution in [0.4, 0.5) is 13.2 Å². The molecule has 70 heavy (non-hydrogen) atoms. The summed E-state index contributed by atoms with van der Waals surface area (Å²) in [5.41, 5.74) is -1.55. The lowest BCUT2D eigenvalue weighted by Gasteiger charge is -2.50. The van der Waals surface area contributed by atoms with Crippen molar-refractivity contribution >= 4 is 58.9 Å². The van der Waals surface area contributed by atoms with E-state index in [4.69, 9.17) is 44.6 Å². The van der Waals surface area contributed by atoms with Gasteiger partial charge in [-0.3, -0.25) is 9.59 Å². The van der Waals surface area contributed by atoms with E-state index >= 15 is 0 Å². The number of carbonyl (C=O) groups is 4. The van der Waals surface area contributed by atoms with Crippen molar-refractivity contribution in [3.63, 3.8) is 0 Å². The molecule has 0 spiro atoms. The van der Waals surface area contributed by atoms with Crippen molar-refractivity contribution in [3.05, 3.63) is 12.2 Å². The molecule has 0 radical (unpaired) electrons. The molecule has 2 aliphatic carbocycles. The van der Waals surface area contributed by atoms with Gasteiger partial charge >= 0.3 is 65.0 Å². The Bertz CT molecular complexity index is 1580. The van der Waals surface area contributed by atoms with E-state index in [-0.39, 0.29) is 93.9 Å². The summed E-state index contributed by atoms with van der Waals surface area (Å²) in [4.78, 5) is 76.2. The zero-order valence-electron chi connectivity index (χ0n) is 43.6. The van der Waals surface area contributed by atoms with Crippen molar-refractivity contribution < 1.29 is 86.5 Å². The van der Waals surface area contributed by atoms with Crippen LogP contribution in [0.3, 0.4) is 0 Å². The Kier molecular flexibility index (Phi) is 28.4. The summed E-state index contributed by atoms with van der Waals surface area (Å²) < 4.78 is 103. The molecule has 0 aromatic heterocycles. The van der Waals surface area contributed by atoms with Crippen molar-refractivity contribution in [1.29, 1.82) is 0 Å². The summed E-state index contributed by atoms with van der Waals surface area (Å²) in [6.07, 6.45) is 3.73. The van der Waals surface area contributed by atoms with Gasteiger partial charge in [0.2, 0.25) is 0 Å². The Labute approximate surface area is 420 Å². The normalized spacial score (nSPS) is 18.9. The van der Waals surface area contributed by atoms with Gasteiger partial charge in [-0.15, -0.1) is 0 Å². The molecular weight excluding hydrogens is 990 g/mol. The molecule has 2 N–H and O–H groups in total. The minimum Gasteiger partial charge on any atom is -0.467 e. The second kappa shape index (κ2) is 31.0. The fourth-order valence-corrected chi connectivity index (χ4v) is 26.6. The van der Waals surface area contributed by atoms with Crippen LogP contribution in [0.25, 0.3) is 0 Å². The third-order valence-corrected chi connectivity index (χ3v) is 28.2. The van der Waals surface area contributed by atoms with Crippen LogP contribution in [0.5, 0.6) is 0 Å². The van der Waals surface area contributed by atoms with Crippen molar-refractivity contribution in [2.24, 2.45) is 17.3 Å². The first kappa shape index (κ1) is 64.1. The number of esters is 3. The highest BCUT2D eigenvalue weighted by Crippen LogP contribution is 2.52. The van der Waals surface area contributed by atoms with E-state index in [2.05, 4.69) is 6.58 Å². The molecule has 2 saturated carbocycles. The molecule has 2 aliphatic rings. The van der Waals surface area contributed by atoms with E-state index in [1.807, 2.05) is 13.8 Å². The second-order valence-electron chi connectivity index (χ2n) is 18.8. The number of halogens is 3. The van der Waals surface area contributed by atoms with E-state index < -0.39 is 82.3 Å². The zero-order chi connectivity index (χ0) is 52.7. The van der Waals surface area contributed by atoms with Crippen LogP contribution in [0.2, 0.25) is 29.2 Å². The summed E-state index contributed by atoms with van der Waals surface area (Å²) in [5, 5.41) is 0. The Morgan fingerprint density at radius 1 is 0.657 bits per heavy atom. The Balaban J connectivity index is 2.52. The molecule has 0 aromatic carbocycles. The van der Waals surface area contributed by atoms with Gasteiger partial charge in [0, 0.05) is 61.2 Å². The monoisotopic (exact) mass is 1080 g/mol. The number of ether oxygens (including phenoxy) is 3. The molecule has 0 amide bonds. The molecule has 5 unspecified atom stereocenters. The Hall–Kier alpha value is -2.04. The van der Waals surface area contributed by atoms with Crippen molar-refractivity contribution in [3.8, 4) is 0 Å². The Morgan fingerprint density at radius 3 is 1.60 bits per heavy atom. The van der Waals surface area contributed by atoms with Crippen LogP contribution in [0, 0.1) is 17.3 Å². The average molecular weight is 1080 g/mol. The van der Waals surface area contributed by atoms with Gasteiger partial charge < -0.3 is 54.2 Å². The van der Waals surface area contributed by atoms with Gasteiger partial charge in [-0.05, 0) is 98.8 Å². The lowest BCUT2D eigenvalue weighted by Crippen LogP contribution is -2.67. The van der Waals surface area contributed by atoms with Crippen molar-refractivity contribution in [2.45, 2.75) is 200 Å². The third-order valence-electron chi connectivity index (χ3n) is 13.4. The lowest BCUT2D eigenvalue weighted by molar-refractivity contribution is -0.194. The number of carbonyl (C=O) groups excluding carboxylic acids is 4. The van der Waals surface area contributed by atoms with Gasteiger partial charge in [0.15, 0.2) is 0 Å². The number of hydrogen-bond donors (Lipinski definition) is 2. The van der Waals surface area contributed by atoms with E-state index in [0.29, 0.717) is 51.4 Å². The predicted octanol–water partition coefficient (Wildman–Crippen LogP) is 10.0. The molecule has 23 heteroatoms. The average Bonchev–Trinajstić information content (AvgIpc) is 3.31. The van der Waals surface area contributed by atoms with Crippen LogP contribution in [0.1, 0.15) is 165 Å². The maximum atomic E-state index is 14.3. The standard InChI is InChI=1S/C47H87F3O16Si4/c1-11-30-46(10,44(53)59-33-24-34-67(55,60-13-3)61-14-4)41(12-2)38(9)43(52)58-32-25-36-69(63-16-6,64-45(54)47(48,49)50)66-70(39-26-19-17-20-27-39,40-28-21-18-22-29-40)65-68(56,62-15-5)35-23-31-57-42(51)37(7)8/h38-41,55-56H,7,11-36H2,1-6,8-10H3. The first-order chi connectivity index (χ1) is 33.0. The quantitative estimate of drug-likeness (QED) is 0.0199. The predicted molar refractivity (Wildman–Crippen MR) is 264 cm³/mol. The lowest BCUT2D eigenvalue weighted by atomic mass is 9.67. The fraction of sp³-hybridized carbons (Fsp3) is 0.872. The smallest absolute Gasteiger partial charge is 0.467 e. The van der Waals surface area contributed by atoms with Crippen molar-refractivity contribution in [1.82, 2.24) is 0 Å². The Morgan fingerprint density at radius 2 is 1.13 bits per heavy atom. The van der Waals surface area contributed by atoms with Gasteiger partial charge in [-0.2, -0.15) is 13.2 Å². The van der Waals surface area contributed by atoms with Crippen LogP contribution < -0.4 is 0 Å². The fourth-order valence-electron chi connectivity index (χ4n) is 10.2. The van der Waals surface area contributed by atoms with Gasteiger partial charge in [-0.1, -0.05) is 78.7 Å². The minimum atomic E-state index is -5.41. The molecule has 0 bridgehead atoms. The maximum absolute atomic E-state index is 14.3. The third kappa shape index (κ3) is 19.7. The minimum absolute atomic E-state index is 0.00601. The van der Waals surface area contributed by atoms with Gasteiger partial charge in [0.1, 0.15) is 0 Å². The molecule has 0 aliphatic heterocycles. The molecule has 408 valence electrons. The highest BCUT2D eigenvalue weighted by molar-refractivity contribution is 6.86. The van der Waals surface area contributed by atoms with Crippen LogP contribution in [-0.2, 0) is 63.7 Å². The molecule has 0 heterocycles. The largest absolute Gasteiger partial charge is 0.559 e. The first-order valence-electron chi connectivity index (χ1n) is 25.9. The second-order valence-corrected chi connectivity index (χ2v) is 30.6. The SMILES string of the molecule is C=C(C)C(=O)OCCC[Si](O)(OCC)O[Si](O[Si](CCCOC(=O)C(C)C(CC)C(C)(CCC)C(=O)OCCC[Si](O)(OCC)OCC)(OCC)OC(=O)C(F)(F)F)(C1CCCCC1)C1CCCCC1. The molecule has 2 fully saturated rings. The summed E-state index contributed by atoms with van der Waals surface area (Å²) in [7, 11) is -16.6. The number of hydrogen-bond acceptors (Lipinski definition) is 16. The maximum Gasteiger partial charge on any atom is 0.559 e. The summed E-state index contributed by atoms with van der Waals surface area (Å²) >= 11 is 0. The highest BCUT2D eigenvalue weighted by atomic mass is 28.5. The van der Waals surface area contributed by atoms with Crippen LogP contribution in [0.15, 0.2) is 12.2 Å². The molecule has 16 nitrogen and oxygen atoms in total. The number of rotatable bonds is 35. The first-order valence-corrected chi connectivity index (χ1v) is 33.7. The van der Waals surface area contributed by atoms with Crippen LogP contribution >= 0.6 is 0 Å². The van der Waals surface area contributed by atoms with E-state index in [9.17, 15) is 41.9 Å². The molecular formula is C47H87F3O16Si4. The summed E-state index contributed by atoms with van der Waals surface area (Å²) in [6, 6.07) is -0.218. The molecule has 0 aromatic rings. The van der Waals surface area contributed by atoms with Crippen LogP contribution in [-0.4, -0.2) is 121 Å².